The van der Waals surface area contributed by atoms with Crippen molar-refractivity contribution in [2.45, 2.75) is 19.8 Å². The molecule has 1 aromatic rings. The molecule has 0 aliphatic carbocycles. The fourth-order valence-electron chi connectivity index (χ4n) is 2.76. The molecule has 1 fully saturated rings. The Morgan fingerprint density at radius 2 is 2.26 bits per heavy atom. The number of benzene rings is 1. The van der Waals surface area contributed by atoms with Gasteiger partial charge in [-0.2, -0.15) is 0 Å². The zero-order valence-corrected chi connectivity index (χ0v) is 14.5. The molecule has 0 radical (unpaired) electrons. The van der Waals surface area contributed by atoms with Crippen LogP contribution < -0.4 is 10.1 Å². The van der Waals surface area contributed by atoms with Crippen molar-refractivity contribution in [1.29, 1.82) is 0 Å². The summed E-state index contributed by atoms with van der Waals surface area (Å²) in [5.74, 6) is 2.52. The first-order valence-corrected chi connectivity index (χ1v) is 8.38. The van der Waals surface area contributed by atoms with E-state index >= 15 is 0 Å². The molecule has 2 rings (SSSR count). The largest absolute Gasteiger partial charge is 0.493 e. The van der Waals surface area contributed by atoms with Crippen LogP contribution in [0.15, 0.2) is 29.3 Å². The average Bonchev–Trinajstić information content (AvgIpc) is 3.05. The van der Waals surface area contributed by atoms with Crippen LogP contribution in [0.1, 0.15) is 18.4 Å². The van der Waals surface area contributed by atoms with Crippen molar-refractivity contribution in [1.82, 2.24) is 10.2 Å². The van der Waals surface area contributed by atoms with Gasteiger partial charge in [-0.05, 0) is 31.4 Å². The lowest BCUT2D eigenvalue weighted by molar-refractivity contribution is 0.181. The zero-order valence-electron chi connectivity index (χ0n) is 14.5. The molecule has 1 heterocycles. The van der Waals surface area contributed by atoms with Gasteiger partial charge in [0.1, 0.15) is 5.75 Å². The van der Waals surface area contributed by atoms with E-state index in [4.69, 9.17) is 9.47 Å². The fourth-order valence-corrected chi connectivity index (χ4v) is 2.76. The van der Waals surface area contributed by atoms with Crippen molar-refractivity contribution in [3.05, 3.63) is 29.8 Å². The van der Waals surface area contributed by atoms with Gasteiger partial charge < -0.3 is 19.7 Å². The van der Waals surface area contributed by atoms with Crippen LogP contribution in [0.4, 0.5) is 0 Å². The first-order chi connectivity index (χ1) is 11.2. The van der Waals surface area contributed by atoms with E-state index in [9.17, 15) is 0 Å². The second-order valence-corrected chi connectivity index (χ2v) is 6.05. The Hall–Kier alpha value is -1.75. The van der Waals surface area contributed by atoms with Crippen LogP contribution in [-0.4, -0.2) is 57.9 Å². The zero-order chi connectivity index (χ0) is 16.5. The number of nitrogens with zero attached hydrogens (tertiary/aromatic N) is 2. The Morgan fingerprint density at radius 1 is 1.43 bits per heavy atom. The molecule has 1 aromatic carbocycles. The Morgan fingerprint density at radius 3 is 2.96 bits per heavy atom. The summed E-state index contributed by atoms with van der Waals surface area (Å²) >= 11 is 0. The summed E-state index contributed by atoms with van der Waals surface area (Å²) in [7, 11) is 3.91. The van der Waals surface area contributed by atoms with Gasteiger partial charge in [-0.25, -0.2) is 0 Å². The molecule has 1 aliphatic heterocycles. The van der Waals surface area contributed by atoms with E-state index in [1.54, 1.807) is 0 Å². The van der Waals surface area contributed by atoms with Crippen molar-refractivity contribution in [2.75, 3.05) is 47.0 Å². The van der Waals surface area contributed by atoms with Gasteiger partial charge in [0.25, 0.3) is 0 Å². The van der Waals surface area contributed by atoms with Gasteiger partial charge in [-0.3, -0.25) is 4.99 Å². The third-order valence-corrected chi connectivity index (χ3v) is 4.08. The van der Waals surface area contributed by atoms with E-state index in [0.717, 1.165) is 50.9 Å². The molecule has 1 atom stereocenters. The van der Waals surface area contributed by atoms with E-state index < -0.39 is 0 Å². The van der Waals surface area contributed by atoms with E-state index in [1.165, 1.54) is 5.56 Å². The SMILES string of the molecule is CN=C(NCCCOc1ccccc1C)N(C)CC1CCOC1. The summed E-state index contributed by atoms with van der Waals surface area (Å²) in [5, 5.41) is 3.40. The maximum absolute atomic E-state index is 5.81. The van der Waals surface area contributed by atoms with Gasteiger partial charge in [0.05, 0.1) is 13.2 Å². The predicted molar refractivity (Wildman–Crippen MR) is 94.2 cm³/mol. The molecule has 0 amide bonds. The Bertz CT molecular complexity index is 499. The average molecular weight is 319 g/mol. The maximum atomic E-state index is 5.81. The number of hydrogen-bond acceptors (Lipinski definition) is 3. The fraction of sp³-hybridized carbons (Fsp3) is 0.611. The lowest BCUT2D eigenvalue weighted by atomic mass is 10.1. The second-order valence-electron chi connectivity index (χ2n) is 6.05. The molecule has 1 aliphatic rings. The molecule has 0 aromatic heterocycles. The Labute approximate surface area is 139 Å². The minimum absolute atomic E-state index is 0.614. The standard InChI is InChI=1S/C18H29N3O2/c1-15-7-4-5-8-17(15)23-11-6-10-20-18(19-2)21(3)13-16-9-12-22-14-16/h4-5,7-8,16H,6,9-14H2,1-3H3,(H,19,20). The summed E-state index contributed by atoms with van der Waals surface area (Å²) in [6.07, 6.45) is 2.08. The van der Waals surface area contributed by atoms with Gasteiger partial charge in [-0.15, -0.1) is 0 Å². The normalized spacial score (nSPS) is 18.0. The van der Waals surface area contributed by atoms with Crippen molar-refractivity contribution in [2.24, 2.45) is 10.9 Å². The molecule has 1 unspecified atom stereocenters. The van der Waals surface area contributed by atoms with Crippen LogP contribution in [-0.2, 0) is 4.74 Å². The van der Waals surface area contributed by atoms with Crippen LogP contribution in [0.5, 0.6) is 5.75 Å². The molecule has 0 spiro atoms. The third kappa shape index (κ3) is 5.75. The van der Waals surface area contributed by atoms with Gasteiger partial charge in [0.15, 0.2) is 5.96 Å². The minimum atomic E-state index is 0.614. The van der Waals surface area contributed by atoms with Crippen LogP contribution in [0.25, 0.3) is 0 Å². The van der Waals surface area contributed by atoms with E-state index in [-0.39, 0.29) is 0 Å². The molecular weight excluding hydrogens is 290 g/mol. The van der Waals surface area contributed by atoms with E-state index in [2.05, 4.69) is 35.2 Å². The van der Waals surface area contributed by atoms with Gasteiger partial charge in [0.2, 0.25) is 0 Å². The second kappa shape index (κ2) is 9.40. The molecule has 1 saturated heterocycles. The van der Waals surface area contributed by atoms with Gasteiger partial charge >= 0.3 is 0 Å². The number of aryl methyl sites for hydroxylation is 1. The molecular formula is C18H29N3O2. The smallest absolute Gasteiger partial charge is 0.193 e. The minimum Gasteiger partial charge on any atom is -0.493 e. The van der Waals surface area contributed by atoms with Crippen molar-refractivity contribution >= 4 is 5.96 Å². The van der Waals surface area contributed by atoms with E-state index in [0.29, 0.717) is 12.5 Å². The maximum Gasteiger partial charge on any atom is 0.193 e. The number of guanidine groups is 1. The molecule has 5 nitrogen and oxygen atoms in total. The molecule has 0 saturated carbocycles. The summed E-state index contributed by atoms with van der Waals surface area (Å²) in [6, 6.07) is 8.11. The molecule has 23 heavy (non-hydrogen) atoms. The lowest BCUT2D eigenvalue weighted by Crippen LogP contribution is -2.42. The number of rotatable bonds is 7. The van der Waals surface area contributed by atoms with Crippen molar-refractivity contribution < 1.29 is 9.47 Å². The molecule has 0 bridgehead atoms. The number of nitrogens with one attached hydrogen (secondary N) is 1. The van der Waals surface area contributed by atoms with Crippen LogP contribution in [0.2, 0.25) is 0 Å². The quantitative estimate of drug-likeness (QED) is 0.476. The van der Waals surface area contributed by atoms with Crippen LogP contribution in [0, 0.1) is 12.8 Å². The monoisotopic (exact) mass is 319 g/mol. The summed E-state index contributed by atoms with van der Waals surface area (Å²) in [6.45, 7) is 6.36. The Balaban J connectivity index is 1.64. The van der Waals surface area contributed by atoms with Crippen molar-refractivity contribution in [3.8, 4) is 5.75 Å². The number of para-hydroxylation sites is 1. The summed E-state index contributed by atoms with van der Waals surface area (Å²) < 4.78 is 11.2. The Kier molecular flexibility index (Phi) is 7.20. The number of hydrogen-bond donors (Lipinski definition) is 1. The first kappa shape index (κ1) is 17.6. The highest BCUT2D eigenvalue weighted by Gasteiger charge is 2.18. The number of aliphatic imine (C=N–C) groups is 1. The number of ether oxygens (including phenoxy) is 2. The molecule has 128 valence electrons. The van der Waals surface area contributed by atoms with Gasteiger partial charge in [-0.1, -0.05) is 18.2 Å². The summed E-state index contributed by atoms with van der Waals surface area (Å²) in [5.41, 5.74) is 1.18. The molecule has 1 N–H and O–H groups in total. The summed E-state index contributed by atoms with van der Waals surface area (Å²) in [4.78, 5) is 6.53. The predicted octanol–water partition coefficient (Wildman–Crippen LogP) is 2.31. The topological polar surface area (TPSA) is 46.1 Å². The third-order valence-electron chi connectivity index (χ3n) is 4.08. The van der Waals surface area contributed by atoms with Crippen molar-refractivity contribution in [3.63, 3.8) is 0 Å². The lowest BCUT2D eigenvalue weighted by Gasteiger charge is -2.24. The van der Waals surface area contributed by atoms with E-state index in [1.807, 2.05) is 25.2 Å². The first-order valence-electron chi connectivity index (χ1n) is 8.38. The highest BCUT2D eigenvalue weighted by Crippen LogP contribution is 2.16. The van der Waals surface area contributed by atoms with Crippen LogP contribution >= 0.6 is 0 Å². The highest BCUT2D eigenvalue weighted by atomic mass is 16.5. The highest BCUT2D eigenvalue weighted by molar-refractivity contribution is 5.79. The van der Waals surface area contributed by atoms with Crippen LogP contribution in [0.3, 0.4) is 0 Å². The molecule has 5 heteroatoms. The van der Waals surface area contributed by atoms with Gasteiger partial charge in [0, 0.05) is 39.7 Å².